The van der Waals surface area contributed by atoms with Gasteiger partial charge >= 0.3 is 0 Å². The fraction of sp³-hybridized carbons (Fsp3) is 0.474. The average molecular weight is 356 g/mol. The number of hydrogen-bond donors (Lipinski definition) is 0. The maximum absolute atomic E-state index is 12.8. The standard InChI is InChI=1S/C19H24N4O3/c1-15(24)20-6-8-21(9-7-20)18-5-4-17-3-2-16(14-23(17)18)19(25)22-10-12-26-13-11-22/h2-5,14H,6-13H2,1H3. The second kappa shape index (κ2) is 6.99. The summed E-state index contributed by atoms with van der Waals surface area (Å²) in [6.07, 6.45) is 1.93. The van der Waals surface area contributed by atoms with Crippen molar-refractivity contribution in [2.45, 2.75) is 6.92 Å². The predicted molar refractivity (Wildman–Crippen MR) is 98.6 cm³/mol. The Labute approximate surface area is 152 Å². The number of hydrogen-bond acceptors (Lipinski definition) is 4. The summed E-state index contributed by atoms with van der Waals surface area (Å²) in [4.78, 5) is 30.3. The first-order valence-electron chi connectivity index (χ1n) is 9.12. The molecule has 2 saturated heterocycles. The van der Waals surface area contributed by atoms with Gasteiger partial charge in [0.05, 0.1) is 18.8 Å². The number of carbonyl (C=O) groups is 2. The molecule has 138 valence electrons. The number of amides is 2. The maximum atomic E-state index is 12.8. The number of rotatable bonds is 2. The minimum absolute atomic E-state index is 0.0521. The second-order valence-electron chi connectivity index (χ2n) is 6.80. The van der Waals surface area contributed by atoms with Crippen molar-refractivity contribution in [2.75, 3.05) is 57.4 Å². The molecule has 0 atom stereocenters. The topological polar surface area (TPSA) is 57.5 Å². The van der Waals surface area contributed by atoms with Crippen molar-refractivity contribution in [3.05, 3.63) is 36.0 Å². The number of fused-ring (bicyclic) bond motifs is 1. The minimum atomic E-state index is 0.0521. The average Bonchev–Trinajstić information content (AvgIpc) is 3.11. The summed E-state index contributed by atoms with van der Waals surface area (Å²) in [5.41, 5.74) is 1.76. The highest BCUT2D eigenvalue weighted by Crippen LogP contribution is 2.22. The summed E-state index contributed by atoms with van der Waals surface area (Å²) in [5, 5.41) is 0. The predicted octanol–water partition coefficient (Wildman–Crippen LogP) is 1.08. The molecule has 7 heteroatoms. The Kier molecular flexibility index (Phi) is 4.55. The molecule has 2 fully saturated rings. The van der Waals surface area contributed by atoms with E-state index in [2.05, 4.69) is 21.4 Å². The van der Waals surface area contributed by atoms with Gasteiger partial charge in [-0.25, -0.2) is 0 Å². The smallest absolute Gasteiger partial charge is 0.255 e. The van der Waals surface area contributed by atoms with Crippen LogP contribution in [0.2, 0.25) is 0 Å². The molecule has 2 aromatic rings. The van der Waals surface area contributed by atoms with E-state index in [1.165, 1.54) is 0 Å². The van der Waals surface area contributed by atoms with E-state index in [-0.39, 0.29) is 11.8 Å². The van der Waals surface area contributed by atoms with Crippen LogP contribution in [0, 0.1) is 0 Å². The van der Waals surface area contributed by atoms with Gasteiger partial charge in [0.15, 0.2) is 0 Å². The second-order valence-corrected chi connectivity index (χ2v) is 6.80. The molecule has 0 aromatic carbocycles. The zero-order valence-electron chi connectivity index (χ0n) is 15.1. The van der Waals surface area contributed by atoms with Crippen LogP contribution in [-0.4, -0.2) is 78.5 Å². The lowest BCUT2D eigenvalue weighted by Gasteiger charge is -2.35. The van der Waals surface area contributed by atoms with Crippen LogP contribution in [0.1, 0.15) is 17.3 Å². The van der Waals surface area contributed by atoms with Crippen LogP contribution in [0.15, 0.2) is 30.5 Å². The minimum Gasteiger partial charge on any atom is -0.378 e. The van der Waals surface area contributed by atoms with Gasteiger partial charge in [-0.1, -0.05) is 0 Å². The van der Waals surface area contributed by atoms with E-state index >= 15 is 0 Å². The van der Waals surface area contributed by atoms with Crippen molar-refractivity contribution in [1.29, 1.82) is 0 Å². The number of anilines is 1. The van der Waals surface area contributed by atoms with Gasteiger partial charge in [0.1, 0.15) is 5.82 Å². The normalized spacial score (nSPS) is 18.4. The van der Waals surface area contributed by atoms with E-state index in [9.17, 15) is 9.59 Å². The first-order chi connectivity index (χ1) is 12.6. The van der Waals surface area contributed by atoms with Crippen LogP contribution in [0.5, 0.6) is 0 Å². The summed E-state index contributed by atoms with van der Waals surface area (Å²) in [7, 11) is 0. The van der Waals surface area contributed by atoms with Crippen LogP contribution >= 0.6 is 0 Å². The molecule has 2 aromatic heterocycles. The molecule has 4 heterocycles. The molecule has 0 saturated carbocycles. The Hall–Kier alpha value is -2.54. The van der Waals surface area contributed by atoms with E-state index < -0.39 is 0 Å². The lowest BCUT2D eigenvalue weighted by Crippen LogP contribution is -2.48. The highest BCUT2D eigenvalue weighted by Gasteiger charge is 2.22. The van der Waals surface area contributed by atoms with Gasteiger partial charge in [0.2, 0.25) is 5.91 Å². The lowest BCUT2D eigenvalue weighted by atomic mass is 10.2. The Morgan fingerprint density at radius 1 is 0.885 bits per heavy atom. The Morgan fingerprint density at radius 3 is 2.27 bits per heavy atom. The number of pyridine rings is 1. The molecular weight excluding hydrogens is 332 g/mol. The quantitative estimate of drug-likeness (QED) is 0.808. The molecule has 26 heavy (non-hydrogen) atoms. The van der Waals surface area contributed by atoms with Crippen molar-refractivity contribution in [2.24, 2.45) is 0 Å². The third kappa shape index (κ3) is 3.14. The van der Waals surface area contributed by atoms with Crippen molar-refractivity contribution in [3.63, 3.8) is 0 Å². The number of nitrogens with zero attached hydrogens (tertiary/aromatic N) is 4. The lowest BCUT2D eigenvalue weighted by molar-refractivity contribution is -0.129. The van der Waals surface area contributed by atoms with Crippen LogP contribution in [0.4, 0.5) is 5.82 Å². The zero-order chi connectivity index (χ0) is 18.1. The largest absolute Gasteiger partial charge is 0.378 e. The number of carbonyl (C=O) groups excluding carboxylic acids is 2. The Morgan fingerprint density at radius 2 is 1.58 bits per heavy atom. The number of piperazine rings is 1. The van der Waals surface area contributed by atoms with Gasteiger partial charge in [-0.05, 0) is 24.3 Å². The number of ether oxygens (including phenoxy) is 1. The highest BCUT2D eigenvalue weighted by molar-refractivity contribution is 5.94. The van der Waals surface area contributed by atoms with Crippen LogP contribution in [0.25, 0.3) is 5.52 Å². The van der Waals surface area contributed by atoms with Crippen molar-refractivity contribution >= 4 is 23.1 Å². The van der Waals surface area contributed by atoms with Gasteiger partial charge in [-0.2, -0.15) is 0 Å². The monoisotopic (exact) mass is 356 g/mol. The third-order valence-electron chi connectivity index (χ3n) is 5.22. The van der Waals surface area contributed by atoms with Gasteiger partial charge in [0.25, 0.3) is 5.91 Å². The SMILES string of the molecule is CC(=O)N1CCN(c2ccc3ccc(C(=O)N4CCOCC4)cn23)CC1. The van der Waals surface area contributed by atoms with Crippen LogP contribution < -0.4 is 4.90 Å². The van der Waals surface area contributed by atoms with Gasteiger partial charge in [0, 0.05) is 57.9 Å². The molecule has 2 aliphatic heterocycles. The van der Waals surface area contributed by atoms with Crippen molar-refractivity contribution in [1.82, 2.24) is 14.2 Å². The van der Waals surface area contributed by atoms with Crippen LogP contribution in [0.3, 0.4) is 0 Å². The summed E-state index contributed by atoms with van der Waals surface area (Å²) in [6.45, 7) is 7.16. The summed E-state index contributed by atoms with van der Waals surface area (Å²) >= 11 is 0. The summed E-state index contributed by atoms with van der Waals surface area (Å²) in [6, 6.07) is 8.03. The molecule has 0 radical (unpaired) electrons. The fourth-order valence-electron chi connectivity index (χ4n) is 3.67. The van der Waals surface area contributed by atoms with Gasteiger partial charge < -0.3 is 23.8 Å². The van der Waals surface area contributed by atoms with Crippen LogP contribution in [-0.2, 0) is 9.53 Å². The Bertz CT molecular complexity index is 817. The molecule has 4 rings (SSSR count). The Balaban J connectivity index is 1.57. The first kappa shape index (κ1) is 16.9. The highest BCUT2D eigenvalue weighted by atomic mass is 16.5. The number of aromatic nitrogens is 1. The van der Waals surface area contributed by atoms with E-state index in [1.807, 2.05) is 28.1 Å². The molecule has 0 spiro atoms. The summed E-state index contributed by atoms with van der Waals surface area (Å²) in [5.74, 6) is 1.25. The van der Waals surface area contributed by atoms with E-state index in [1.54, 1.807) is 6.92 Å². The molecule has 0 N–H and O–H groups in total. The summed E-state index contributed by atoms with van der Waals surface area (Å²) < 4.78 is 7.41. The number of morpholine rings is 1. The fourth-order valence-corrected chi connectivity index (χ4v) is 3.67. The zero-order valence-corrected chi connectivity index (χ0v) is 15.1. The third-order valence-corrected chi connectivity index (χ3v) is 5.22. The molecule has 0 bridgehead atoms. The first-order valence-corrected chi connectivity index (χ1v) is 9.12. The van der Waals surface area contributed by atoms with Gasteiger partial charge in [-0.3, -0.25) is 9.59 Å². The van der Waals surface area contributed by atoms with Crippen molar-refractivity contribution in [3.8, 4) is 0 Å². The van der Waals surface area contributed by atoms with Crippen molar-refractivity contribution < 1.29 is 14.3 Å². The molecule has 2 amide bonds. The molecule has 0 aliphatic carbocycles. The van der Waals surface area contributed by atoms with Gasteiger partial charge in [-0.15, -0.1) is 0 Å². The maximum Gasteiger partial charge on any atom is 0.255 e. The molecule has 2 aliphatic rings. The van der Waals surface area contributed by atoms with E-state index in [4.69, 9.17) is 4.74 Å². The molecule has 7 nitrogen and oxygen atoms in total. The molecular formula is C19H24N4O3. The molecule has 0 unspecified atom stereocenters. The van der Waals surface area contributed by atoms with E-state index in [0.29, 0.717) is 31.9 Å². The van der Waals surface area contributed by atoms with E-state index in [0.717, 1.165) is 37.5 Å².